The van der Waals surface area contributed by atoms with Crippen LogP contribution in [-0.4, -0.2) is 17.5 Å². The van der Waals surface area contributed by atoms with Gasteiger partial charge in [-0.05, 0) is 17.7 Å². The summed E-state index contributed by atoms with van der Waals surface area (Å²) in [4.78, 5) is 10.8. The fraction of sp³-hybridized carbons (Fsp3) is 0.133. The molecule has 0 spiro atoms. The highest BCUT2D eigenvalue weighted by Gasteiger charge is 2.03. The lowest BCUT2D eigenvalue weighted by Crippen LogP contribution is -2.02. The van der Waals surface area contributed by atoms with Crippen molar-refractivity contribution in [3.8, 4) is 5.75 Å². The molecule has 3 heteroatoms. The van der Waals surface area contributed by atoms with Crippen LogP contribution in [0.5, 0.6) is 5.75 Å². The van der Waals surface area contributed by atoms with E-state index in [1.165, 1.54) is 5.56 Å². The quantitative estimate of drug-likeness (QED) is 0.823. The number of carbonyl (C=O) groups excluding carboxylic acids is 1. The highest BCUT2D eigenvalue weighted by molar-refractivity contribution is 5.96. The lowest BCUT2D eigenvalue weighted by molar-refractivity contribution is 0.0904. The van der Waals surface area contributed by atoms with Gasteiger partial charge in [-0.3, -0.25) is 4.79 Å². The Kier molecular flexibility index (Phi) is 4.10. The third-order valence-electron chi connectivity index (χ3n) is 2.54. The molecule has 0 saturated heterocycles. The zero-order valence-electron chi connectivity index (χ0n) is 9.87. The fourth-order valence-electron chi connectivity index (χ4n) is 1.61. The van der Waals surface area contributed by atoms with Crippen LogP contribution < -0.4 is 4.74 Å². The summed E-state index contributed by atoms with van der Waals surface area (Å²) in [6.07, 6.45) is 0. The van der Waals surface area contributed by atoms with Gasteiger partial charge in [0.2, 0.25) is 0 Å². The first-order chi connectivity index (χ1) is 8.79. The van der Waals surface area contributed by atoms with E-state index in [1.807, 2.05) is 18.2 Å². The summed E-state index contributed by atoms with van der Waals surface area (Å²) in [6, 6.07) is 16.8. The maximum Gasteiger partial charge on any atom is 0.188 e. The van der Waals surface area contributed by atoms with Gasteiger partial charge in [0.1, 0.15) is 19.0 Å². The predicted octanol–water partition coefficient (Wildman–Crippen LogP) is 2.44. The van der Waals surface area contributed by atoms with E-state index in [2.05, 4.69) is 12.1 Å². The molecule has 0 aliphatic carbocycles. The van der Waals surface area contributed by atoms with E-state index < -0.39 is 6.61 Å². The van der Waals surface area contributed by atoms with E-state index >= 15 is 0 Å². The van der Waals surface area contributed by atoms with Crippen molar-refractivity contribution < 1.29 is 14.6 Å². The first-order valence-corrected chi connectivity index (χ1v) is 5.70. The number of rotatable bonds is 2. The number of fused-ring (bicyclic) bond motifs is 2. The van der Waals surface area contributed by atoms with Crippen LogP contribution in [0.25, 0.3) is 0 Å². The molecule has 0 unspecified atom stereocenters. The Morgan fingerprint density at radius 3 is 2.50 bits per heavy atom. The van der Waals surface area contributed by atoms with Gasteiger partial charge in [0, 0.05) is 5.56 Å². The van der Waals surface area contributed by atoms with E-state index in [4.69, 9.17) is 9.84 Å². The second-order valence-corrected chi connectivity index (χ2v) is 3.88. The molecular formula is C15H14O3. The molecule has 0 amide bonds. The molecule has 1 aliphatic rings. The smallest absolute Gasteiger partial charge is 0.188 e. The van der Waals surface area contributed by atoms with Gasteiger partial charge in [-0.25, -0.2) is 0 Å². The molecule has 1 aliphatic heterocycles. The average molecular weight is 242 g/mol. The zero-order valence-corrected chi connectivity index (χ0v) is 9.87. The van der Waals surface area contributed by atoms with Gasteiger partial charge in [-0.2, -0.15) is 0 Å². The molecule has 3 nitrogen and oxygen atoms in total. The van der Waals surface area contributed by atoms with E-state index in [9.17, 15) is 4.79 Å². The van der Waals surface area contributed by atoms with Gasteiger partial charge >= 0.3 is 0 Å². The van der Waals surface area contributed by atoms with Crippen LogP contribution in [0.2, 0.25) is 0 Å². The Hall–Kier alpha value is -2.13. The normalized spacial score (nSPS) is 11.2. The van der Waals surface area contributed by atoms with Gasteiger partial charge in [-0.15, -0.1) is 0 Å². The van der Waals surface area contributed by atoms with Gasteiger partial charge in [0.25, 0.3) is 0 Å². The first kappa shape index (κ1) is 12.3. The minimum atomic E-state index is -0.413. The highest BCUT2D eigenvalue weighted by atomic mass is 16.5. The van der Waals surface area contributed by atoms with Gasteiger partial charge in [0.15, 0.2) is 5.78 Å². The Morgan fingerprint density at radius 2 is 1.89 bits per heavy atom. The van der Waals surface area contributed by atoms with Gasteiger partial charge in [-0.1, -0.05) is 42.5 Å². The summed E-state index contributed by atoms with van der Waals surface area (Å²) in [5, 5.41) is 8.44. The van der Waals surface area contributed by atoms with Crippen LogP contribution in [0.1, 0.15) is 15.9 Å². The zero-order chi connectivity index (χ0) is 12.8. The molecule has 18 heavy (non-hydrogen) atoms. The Labute approximate surface area is 106 Å². The summed E-state index contributed by atoms with van der Waals surface area (Å²) in [7, 11) is 0. The third-order valence-corrected chi connectivity index (χ3v) is 2.54. The van der Waals surface area contributed by atoms with Crippen molar-refractivity contribution in [1.29, 1.82) is 0 Å². The van der Waals surface area contributed by atoms with E-state index in [1.54, 1.807) is 24.3 Å². The Bertz CT molecular complexity index is 501. The number of hydrogen-bond donors (Lipinski definition) is 1. The van der Waals surface area contributed by atoms with Crippen LogP contribution in [0.15, 0.2) is 54.6 Å². The molecule has 92 valence electrons. The maximum atomic E-state index is 10.8. The van der Waals surface area contributed by atoms with Crippen molar-refractivity contribution in [1.82, 2.24) is 0 Å². The lowest BCUT2D eigenvalue weighted by Gasteiger charge is -1.93. The molecular weight excluding hydrogens is 228 g/mol. The molecule has 1 heterocycles. The molecule has 0 atom stereocenters. The number of ketones is 1. The standard InChI is InChI=1S/C8H8O2.C7H6O/c9-6-8(10)7-4-2-1-3-5-7;1-2-6-4-7(3-1)8-5-6/h1-5,9H,6H2;1-4H,5H2. The second-order valence-electron chi connectivity index (χ2n) is 3.88. The first-order valence-electron chi connectivity index (χ1n) is 5.70. The molecule has 3 rings (SSSR count). The Balaban J connectivity index is 0.000000136. The van der Waals surface area contributed by atoms with Gasteiger partial charge < -0.3 is 9.84 Å². The average Bonchev–Trinajstić information content (AvgIpc) is 2.78. The Morgan fingerprint density at radius 1 is 1.11 bits per heavy atom. The van der Waals surface area contributed by atoms with E-state index in [0.717, 1.165) is 12.4 Å². The van der Waals surface area contributed by atoms with Gasteiger partial charge in [0.05, 0.1) is 0 Å². The van der Waals surface area contributed by atoms with Crippen LogP contribution >= 0.6 is 0 Å². The number of benzene rings is 2. The molecule has 1 N–H and O–H groups in total. The van der Waals surface area contributed by atoms with Crippen LogP contribution in [-0.2, 0) is 6.61 Å². The molecule has 0 aromatic heterocycles. The summed E-state index contributed by atoms with van der Waals surface area (Å²) in [5.41, 5.74) is 1.84. The molecule has 2 bridgehead atoms. The number of ether oxygens (including phenoxy) is 1. The minimum absolute atomic E-state index is 0.236. The van der Waals surface area contributed by atoms with Crippen molar-refractivity contribution in [3.63, 3.8) is 0 Å². The number of Topliss-reactive ketones (excluding diaryl/α,β-unsaturated/α-hetero) is 1. The topological polar surface area (TPSA) is 46.5 Å². The van der Waals surface area contributed by atoms with Crippen LogP contribution in [0.4, 0.5) is 0 Å². The second kappa shape index (κ2) is 5.98. The van der Waals surface area contributed by atoms with Crippen molar-refractivity contribution in [2.24, 2.45) is 0 Å². The summed E-state index contributed by atoms with van der Waals surface area (Å²) in [5.74, 6) is 0.767. The van der Waals surface area contributed by atoms with Crippen molar-refractivity contribution in [2.45, 2.75) is 6.61 Å². The molecule has 2 aromatic rings. The highest BCUT2D eigenvalue weighted by Crippen LogP contribution is 2.20. The molecule has 2 aromatic carbocycles. The summed E-state index contributed by atoms with van der Waals surface area (Å²) < 4.78 is 5.18. The lowest BCUT2D eigenvalue weighted by atomic mass is 10.1. The monoisotopic (exact) mass is 242 g/mol. The van der Waals surface area contributed by atoms with Crippen molar-refractivity contribution in [3.05, 3.63) is 65.7 Å². The number of hydrogen-bond acceptors (Lipinski definition) is 3. The maximum absolute atomic E-state index is 10.8. The molecule has 0 fully saturated rings. The SMILES string of the molecule is O=C(CO)c1ccccc1.c1cc2cc(c1)OC2. The van der Waals surface area contributed by atoms with E-state index in [0.29, 0.717) is 5.56 Å². The van der Waals surface area contributed by atoms with Crippen molar-refractivity contribution in [2.75, 3.05) is 6.61 Å². The number of carbonyl (C=O) groups is 1. The largest absolute Gasteiger partial charge is 0.489 e. The van der Waals surface area contributed by atoms with Crippen molar-refractivity contribution >= 4 is 5.78 Å². The minimum Gasteiger partial charge on any atom is -0.489 e. The number of aliphatic hydroxyl groups is 1. The summed E-state index contributed by atoms with van der Waals surface area (Å²) in [6.45, 7) is 0.354. The number of aliphatic hydroxyl groups excluding tert-OH is 1. The van der Waals surface area contributed by atoms with E-state index in [-0.39, 0.29) is 5.78 Å². The molecule has 0 radical (unpaired) electrons. The van der Waals surface area contributed by atoms with Crippen LogP contribution in [0.3, 0.4) is 0 Å². The third kappa shape index (κ3) is 3.18. The molecule has 0 saturated carbocycles. The summed E-state index contributed by atoms with van der Waals surface area (Å²) >= 11 is 0. The van der Waals surface area contributed by atoms with Crippen LogP contribution in [0, 0.1) is 0 Å². The fourth-order valence-corrected chi connectivity index (χ4v) is 1.61. The predicted molar refractivity (Wildman–Crippen MR) is 68.6 cm³/mol.